The summed E-state index contributed by atoms with van der Waals surface area (Å²) in [6.07, 6.45) is 1.38. The van der Waals surface area contributed by atoms with E-state index in [9.17, 15) is 8.42 Å². The topological polar surface area (TPSA) is 72.6 Å². The van der Waals surface area contributed by atoms with Crippen molar-refractivity contribution in [2.24, 2.45) is 5.73 Å². The summed E-state index contributed by atoms with van der Waals surface area (Å²) in [7, 11) is -1.55. The van der Waals surface area contributed by atoms with Gasteiger partial charge in [0.1, 0.15) is 0 Å². The number of nitrogens with zero attached hydrogens (tertiary/aromatic N) is 1. The van der Waals surface area contributed by atoms with Crippen molar-refractivity contribution >= 4 is 10.0 Å². The lowest BCUT2D eigenvalue weighted by molar-refractivity contribution is 0.180. The fourth-order valence-electron chi connectivity index (χ4n) is 1.24. The van der Waals surface area contributed by atoms with E-state index in [0.29, 0.717) is 32.7 Å². The first-order chi connectivity index (χ1) is 7.08. The summed E-state index contributed by atoms with van der Waals surface area (Å²) in [4.78, 5) is 0. The number of likely N-dealkylation sites (N-methyl/N-ethyl adjacent to an activating group) is 1. The second-order valence-electron chi connectivity index (χ2n) is 3.30. The molecular weight excluding hydrogens is 216 g/mol. The molecule has 0 aliphatic carbocycles. The van der Waals surface area contributed by atoms with Gasteiger partial charge in [0, 0.05) is 20.2 Å². The maximum absolute atomic E-state index is 11.8. The van der Waals surface area contributed by atoms with Gasteiger partial charge < -0.3 is 10.5 Å². The van der Waals surface area contributed by atoms with Crippen LogP contribution in [0.25, 0.3) is 0 Å². The monoisotopic (exact) mass is 238 g/mol. The van der Waals surface area contributed by atoms with Crippen LogP contribution in [0.5, 0.6) is 0 Å². The van der Waals surface area contributed by atoms with E-state index < -0.39 is 10.0 Å². The average molecular weight is 238 g/mol. The van der Waals surface area contributed by atoms with Crippen LogP contribution in [0.3, 0.4) is 0 Å². The molecule has 0 saturated carbocycles. The predicted octanol–water partition coefficient (Wildman–Crippen LogP) is 0.0234. The Balaban J connectivity index is 4.13. The molecule has 0 aromatic heterocycles. The van der Waals surface area contributed by atoms with Gasteiger partial charge in [0.15, 0.2) is 0 Å². The highest BCUT2D eigenvalue weighted by Gasteiger charge is 2.18. The van der Waals surface area contributed by atoms with E-state index in [-0.39, 0.29) is 5.75 Å². The van der Waals surface area contributed by atoms with Crippen LogP contribution in [0.2, 0.25) is 0 Å². The zero-order chi connectivity index (χ0) is 11.7. The molecule has 0 aromatic carbocycles. The van der Waals surface area contributed by atoms with Gasteiger partial charge in [-0.2, -0.15) is 4.31 Å². The zero-order valence-corrected chi connectivity index (χ0v) is 10.4. The molecule has 0 radical (unpaired) electrons. The molecule has 0 spiro atoms. The second kappa shape index (κ2) is 8.04. The molecule has 0 unspecified atom stereocenters. The number of hydrogen-bond acceptors (Lipinski definition) is 4. The van der Waals surface area contributed by atoms with Crippen LogP contribution < -0.4 is 5.73 Å². The quantitative estimate of drug-likeness (QED) is 0.575. The zero-order valence-electron chi connectivity index (χ0n) is 9.61. The first-order valence-electron chi connectivity index (χ1n) is 5.25. The van der Waals surface area contributed by atoms with Crippen LogP contribution in [-0.2, 0) is 14.8 Å². The third-order valence-electron chi connectivity index (χ3n) is 2.15. The van der Waals surface area contributed by atoms with Crippen molar-refractivity contribution in [3.63, 3.8) is 0 Å². The Morgan fingerprint density at radius 3 is 2.47 bits per heavy atom. The van der Waals surface area contributed by atoms with Crippen molar-refractivity contribution in [3.8, 4) is 0 Å². The summed E-state index contributed by atoms with van der Waals surface area (Å²) in [6.45, 7) is 3.73. The van der Waals surface area contributed by atoms with Crippen molar-refractivity contribution in [2.75, 3.05) is 39.1 Å². The molecule has 6 heteroatoms. The Labute approximate surface area is 92.6 Å². The Bertz CT molecular complexity index is 242. The van der Waals surface area contributed by atoms with Gasteiger partial charge in [-0.25, -0.2) is 8.42 Å². The van der Waals surface area contributed by atoms with E-state index in [1.807, 2.05) is 6.92 Å². The summed E-state index contributed by atoms with van der Waals surface area (Å²) in [6, 6.07) is 0. The minimum absolute atomic E-state index is 0.182. The largest absolute Gasteiger partial charge is 0.383 e. The Hall–Kier alpha value is -0.170. The second-order valence-corrected chi connectivity index (χ2v) is 5.38. The van der Waals surface area contributed by atoms with Gasteiger partial charge in [-0.05, 0) is 19.4 Å². The van der Waals surface area contributed by atoms with Crippen molar-refractivity contribution < 1.29 is 13.2 Å². The number of nitrogens with two attached hydrogens (primary N) is 1. The average Bonchev–Trinajstić information content (AvgIpc) is 2.19. The molecule has 0 aliphatic rings. The summed E-state index contributed by atoms with van der Waals surface area (Å²) in [5, 5.41) is 0. The van der Waals surface area contributed by atoms with E-state index >= 15 is 0 Å². The van der Waals surface area contributed by atoms with E-state index in [4.69, 9.17) is 10.5 Å². The first-order valence-corrected chi connectivity index (χ1v) is 6.86. The molecule has 0 aromatic rings. The van der Waals surface area contributed by atoms with Gasteiger partial charge in [0.25, 0.3) is 0 Å². The molecule has 2 N–H and O–H groups in total. The van der Waals surface area contributed by atoms with Crippen molar-refractivity contribution in [1.29, 1.82) is 0 Å². The number of sulfonamides is 1. The van der Waals surface area contributed by atoms with Crippen LogP contribution in [0.15, 0.2) is 0 Å². The van der Waals surface area contributed by atoms with Crippen LogP contribution in [0.1, 0.15) is 19.8 Å². The number of rotatable bonds is 9. The molecule has 0 atom stereocenters. The van der Waals surface area contributed by atoms with Gasteiger partial charge in [0.2, 0.25) is 10.0 Å². The Morgan fingerprint density at radius 1 is 1.33 bits per heavy atom. The third-order valence-corrected chi connectivity index (χ3v) is 4.18. The normalized spacial score (nSPS) is 12.3. The smallest absolute Gasteiger partial charge is 0.214 e. The molecular formula is C9H22N2O3S. The van der Waals surface area contributed by atoms with Crippen LogP contribution in [-0.4, -0.2) is 51.8 Å². The summed E-state index contributed by atoms with van der Waals surface area (Å²) in [5.41, 5.74) is 5.32. The van der Waals surface area contributed by atoms with Gasteiger partial charge >= 0.3 is 0 Å². The molecule has 0 heterocycles. The minimum atomic E-state index is -3.12. The highest BCUT2D eigenvalue weighted by atomic mass is 32.2. The molecule has 5 nitrogen and oxygen atoms in total. The maximum Gasteiger partial charge on any atom is 0.214 e. The third kappa shape index (κ3) is 6.09. The maximum atomic E-state index is 11.8. The molecule has 0 rings (SSSR count). The van der Waals surface area contributed by atoms with Gasteiger partial charge in [-0.15, -0.1) is 0 Å². The van der Waals surface area contributed by atoms with Crippen molar-refractivity contribution in [3.05, 3.63) is 0 Å². The molecule has 0 saturated heterocycles. The van der Waals surface area contributed by atoms with Gasteiger partial charge in [0.05, 0.1) is 12.4 Å². The number of hydrogen-bond donors (Lipinski definition) is 1. The van der Waals surface area contributed by atoms with E-state index in [1.165, 1.54) is 4.31 Å². The molecule has 0 aliphatic heterocycles. The first kappa shape index (κ1) is 14.8. The Morgan fingerprint density at radius 2 is 2.00 bits per heavy atom. The van der Waals surface area contributed by atoms with E-state index in [1.54, 1.807) is 7.11 Å². The SMILES string of the molecule is CCN(CCOC)S(=O)(=O)CCCCN. The van der Waals surface area contributed by atoms with Crippen LogP contribution in [0, 0.1) is 0 Å². The van der Waals surface area contributed by atoms with Crippen LogP contribution >= 0.6 is 0 Å². The lowest BCUT2D eigenvalue weighted by Gasteiger charge is -2.19. The summed E-state index contributed by atoms with van der Waals surface area (Å²) < 4.78 is 29.9. The highest BCUT2D eigenvalue weighted by Crippen LogP contribution is 2.04. The van der Waals surface area contributed by atoms with Gasteiger partial charge in [-0.3, -0.25) is 0 Å². The fraction of sp³-hybridized carbons (Fsp3) is 1.00. The highest BCUT2D eigenvalue weighted by molar-refractivity contribution is 7.89. The standard InChI is InChI=1S/C9H22N2O3S/c1-3-11(7-8-14-2)15(12,13)9-5-4-6-10/h3-10H2,1-2H3. The number of methoxy groups -OCH3 is 1. The van der Waals surface area contributed by atoms with Crippen LogP contribution in [0.4, 0.5) is 0 Å². The van der Waals surface area contributed by atoms with Crippen molar-refractivity contribution in [1.82, 2.24) is 4.31 Å². The summed E-state index contributed by atoms with van der Waals surface area (Å²) in [5.74, 6) is 0.182. The fourth-order valence-corrected chi connectivity index (χ4v) is 2.82. The Kier molecular flexibility index (Phi) is 7.95. The number of unbranched alkanes of at least 4 members (excludes halogenated alkanes) is 1. The molecule has 15 heavy (non-hydrogen) atoms. The van der Waals surface area contributed by atoms with E-state index in [0.717, 1.165) is 6.42 Å². The molecule has 92 valence electrons. The predicted molar refractivity (Wildman–Crippen MR) is 61.2 cm³/mol. The van der Waals surface area contributed by atoms with Gasteiger partial charge in [-0.1, -0.05) is 6.92 Å². The summed E-state index contributed by atoms with van der Waals surface area (Å²) >= 11 is 0. The molecule has 0 bridgehead atoms. The number of ether oxygens (including phenoxy) is 1. The van der Waals surface area contributed by atoms with Crippen molar-refractivity contribution in [2.45, 2.75) is 19.8 Å². The lowest BCUT2D eigenvalue weighted by Crippen LogP contribution is -2.35. The minimum Gasteiger partial charge on any atom is -0.383 e. The molecule has 0 fully saturated rings. The lowest BCUT2D eigenvalue weighted by atomic mass is 10.3. The van der Waals surface area contributed by atoms with E-state index in [2.05, 4.69) is 0 Å². The molecule has 0 amide bonds.